The maximum atomic E-state index is 13.3. The molecule has 0 aliphatic carbocycles. The highest BCUT2D eigenvalue weighted by molar-refractivity contribution is 5.99. The number of methoxy groups -OCH3 is 1. The van der Waals surface area contributed by atoms with E-state index in [1.165, 1.54) is 7.11 Å². The van der Waals surface area contributed by atoms with Crippen molar-refractivity contribution in [3.05, 3.63) is 35.4 Å². The number of rotatable bonds is 5. The lowest BCUT2D eigenvalue weighted by Gasteiger charge is -2.13. The second kappa shape index (κ2) is 5.70. The van der Waals surface area contributed by atoms with Crippen LogP contribution in [0.1, 0.15) is 30.1 Å². The van der Waals surface area contributed by atoms with Gasteiger partial charge in [-0.2, -0.15) is 0 Å². The fraction of sp³-hybridized carbons (Fsp3) is 0.417. The maximum Gasteiger partial charge on any atom is 0.194 e. The molecular weight excluding hydrogens is 214 g/mol. The Morgan fingerprint density at radius 3 is 2.62 bits per heavy atom. The number of carbonyl (C=O) groups is 1. The average molecular weight is 228 g/mol. The summed E-state index contributed by atoms with van der Waals surface area (Å²) in [6, 6.07) is 2.91. The molecular formula is C12H14F2O2. The molecule has 1 atom stereocenters. The van der Waals surface area contributed by atoms with Crippen LogP contribution in [0.25, 0.3) is 0 Å². The van der Waals surface area contributed by atoms with Crippen molar-refractivity contribution in [1.29, 1.82) is 0 Å². The smallest absolute Gasteiger partial charge is 0.194 e. The lowest BCUT2D eigenvalue weighted by Crippen LogP contribution is -2.23. The van der Waals surface area contributed by atoms with Gasteiger partial charge >= 0.3 is 0 Å². The van der Waals surface area contributed by atoms with Gasteiger partial charge in [0.05, 0.1) is 5.56 Å². The van der Waals surface area contributed by atoms with Crippen LogP contribution in [0, 0.1) is 11.6 Å². The van der Waals surface area contributed by atoms with E-state index >= 15 is 0 Å². The average Bonchev–Trinajstić information content (AvgIpc) is 2.25. The van der Waals surface area contributed by atoms with Gasteiger partial charge in [-0.3, -0.25) is 4.79 Å². The summed E-state index contributed by atoms with van der Waals surface area (Å²) < 4.78 is 31.0. The van der Waals surface area contributed by atoms with Crippen molar-refractivity contribution in [2.75, 3.05) is 7.11 Å². The molecule has 0 radical (unpaired) electrons. The standard InChI is InChI=1S/C12H14F2O2/c1-3-4-11(16-2)12(15)9-6-5-8(13)7-10(9)14/h5-7,11H,3-4H2,1-2H3. The van der Waals surface area contributed by atoms with Crippen molar-refractivity contribution < 1.29 is 18.3 Å². The van der Waals surface area contributed by atoms with Crippen LogP contribution in [0.4, 0.5) is 8.78 Å². The number of hydrogen-bond donors (Lipinski definition) is 0. The van der Waals surface area contributed by atoms with E-state index in [-0.39, 0.29) is 5.56 Å². The molecule has 0 saturated carbocycles. The molecule has 0 aliphatic rings. The SMILES string of the molecule is CCCC(OC)C(=O)c1ccc(F)cc1F. The van der Waals surface area contributed by atoms with Crippen molar-refractivity contribution in [2.24, 2.45) is 0 Å². The highest BCUT2D eigenvalue weighted by Crippen LogP contribution is 2.15. The minimum Gasteiger partial charge on any atom is -0.373 e. The Labute approximate surface area is 93.2 Å². The van der Waals surface area contributed by atoms with E-state index in [0.29, 0.717) is 12.5 Å². The molecule has 2 nitrogen and oxygen atoms in total. The largest absolute Gasteiger partial charge is 0.373 e. The summed E-state index contributed by atoms with van der Waals surface area (Å²) in [5, 5.41) is 0. The predicted octanol–water partition coefficient (Wildman–Crippen LogP) is 2.96. The van der Waals surface area contributed by atoms with Gasteiger partial charge in [0, 0.05) is 13.2 Å². The molecule has 1 unspecified atom stereocenters. The topological polar surface area (TPSA) is 26.3 Å². The molecule has 0 N–H and O–H groups in total. The third-order valence-electron chi connectivity index (χ3n) is 2.32. The second-order valence-electron chi connectivity index (χ2n) is 3.50. The number of carbonyl (C=O) groups excluding carboxylic acids is 1. The lowest BCUT2D eigenvalue weighted by molar-refractivity contribution is 0.0574. The van der Waals surface area contributed by atoms with Crippen molar-refractivity contribution in [3.8, 4) is 0 Å². The van der Waals surface area contributed by atoms with Gasteiger partial charge in [-0.05, 0) is 18.6 Å². The highest BCUT2D eigenvalue weighted by atomic mass is 19.1. The Balaban J connectivity index is 2.94. The fourth-order valence-electron chi connectivity index (χ4n) is 1.48. The van der Waals surface area contributed by atoms with E-state index in [1.54, 1.807) is 0 Å². The van der Waals surface area contributed by atoms with Crippen LogP contribution >= 0.6 is 0 Å². The molecule has 4 heteroatoms. The van der Waals surface area contributed by atoms with Gasteiger partial charge in [0.25, 0.3) is 0 Å². The van der Waals surface area contributed by atoms with Gasteiger partial charge in [-0.15, -0.1) is 0 Å². The highest BCUT2D eigenvalue weighted by Gasteiger charge is 2.21. The molecule has 16 heavy (non-hydrogen) atoms. The summed E-state index contributed by atoms with van der Waals surface area (Å²) in [5.41, 5.74) is -0.123. The molecule has 0 saturated heterocycles. The van der Waals surface area contributed by atoms with Crippen LogP contribution in [-0.4, -0.2) is 19.0 Å². The Kier molecular flexibility index (Phi) is 4.55. The summed E-state index contributed by atoms with van der Waals surface area (Å²) in [6.07, 6.45) is 0.615. The number of Topliss-reactive ketones (excluding diaryl/α,β-unsaturated/α-hetero) is 1. The zero-order chi connectivity index (χ0) is 12.1. The normalized spacial score (nSPS) is 12.5. The first-order chi connectivity index (χ1) is 7.60. The van der Waals surface area contributed by atoms with Crippen LogP contribution in [0.2, 0.25) is 0 Å². The minimum atomic E-state index is -0.844. The van der Waals surface area contributed by atoms with Crippen LogP contribution < -0.4 is 0 Å². The first kappa shape index (κ1) is 12.8. The Hall–Kier alpha value is -1.29. The van der Waals surface area contributed by atoms with Crippen molar-refractivity contribution in [3.63, 3.8) is 0 Å². The van der Waals surface area contributed by atoms with Crippen LogP contribution in [-0.2, 0) is 4.74 Å². The molecule has 1 aromatic rings. The summed E-state index contributed by atoms with van der Waals surface area (Å²) in [5.74, 6) is -1.98. The van der Waals surface area contributed by atoms with Crippen molar-refractivity contribution >= 4 is 5.78 Å². The van der Waals surface area contributed by atoms with E-state index in [1.807, 2.05) is 6.92 Å². The molecule has 0 spiro atoms. The van der Waals surface area contributed by atoms with Crippen molar-refractivity contribution in [1.82, 2.24) is 0 Å². The zero-order valence-corrected chi connectivity index (χ0v) is 9.30. The second-order valence-corrected chi connectivity index (χ2v) is 3.50. The molecule has 0 heterocycles. The van der Waals surface area contributed by atoms with Crippen LogP contribution in [0.3, 0.4) is 0 Å². The van der Waals surface area contributed by atoms with Gasteiger partial charge in [-0.25, -0.2) is 8.78 Å². The first-order valence-electron chi connectivity index (χ1n) is 5.12. The minimum absolute atomic E-state index is 0.123. The Morgan fingerprint density at radius 2 is 2.12 bits per heavy atom. The molecule has 0 aromatic heterocycles. The number of benzene rings is 1. The van der Waals surface area contributed by atoms with E-state index in [9.17, 15) is 13.6 Å². The van der Waals surface area contributed by atoms with E-state index in [0.717, 1.165) is 18.6 Å². The molecule has 0 aliphatic heterocycles. The molecule has 1 aromatic carbocycles. The number of hydrogen-bond acceptors (Lipinski definition) is 2. The quantitative estimate of drug-likeness (QED) is 0.724. The van der Waals surface area contributed by atoms with E-state index in [2.05, 4.69) is 0 Å². The van der Waals surface area contributed by atoms with Crippen LogP contribution in [0.15, 0.2) is 18.2 Å². The molecule has 0 bridgehead atoms. The Morgan fingerprint density at radius 1 is 1.44 bits per heavy atom. The van der Waals surface area contributed by atoms with Crippen molar-refractivity contribution in [2.45, 2.75) is 25.9 Å². The third kappa shape index (κ3) is 2.85. The number of halogens is 2. The number of ketones is 1. The van der Waals surface area contributed by atoms with Gasteiger partial charge in [-0.1, -0.05) is 13.3 Å². The monoisotopic (exact) mass is 228 g/mol. The van der Waals surface area contributed by atoms with E-state index in [4.69, 9.17) is 4.74 Å². The molecule has 88 valence electrons. The summed E-state index contributed by atoms with van der Waals surface area (Å²) in [6.45, 7) is 1.90. The molecule has 1 rings (SSSR count). The molecule has 0 fully saturated rings. The summed E-state index contributed by atoms with van der Waals surface area (Å²) in [4.78, 5) is 11.8. The van der Waals surface area contributed by atoms with Gasteiger partial charge in [0.2, 0.25) is 0 Å². The van der Waals surface area contributed by atoms with E-state index < -0.39 is 23.5 Å². The molecule has 0 amide bonds. The zero-order valence-electron chi connectivity index (χ0n) is 9.30. The van der Waals surface area contributed by atoms with Gasteiger partial charge in [0.15, 0.2) is 5.78 Å². The van der Waals surface area contributed by atoms with Gasteiger partial charge in [0.1, 0.15) is 17.7 Å². The Bertz CT molecular complexity index is 377. The summed E-state index contributed by atoms with van der Waals surface area (Å²) >= 11 is 0. The first-order valence-corrected chi connectivity index (χ1v) is 5.12. The fourth-order valence-corrected chi connectivity index (χ4v) is 1.48. The van der Waals surface area contributed by atoms with Gasteiger partial charge < -0.3 is 4.74 Å². The summed E-state index contributed by atoms with van der Waals surface area (Å²) in [7, 11) is 1.40. The maximum absolute atomic E-state index is 13.3. The lowest BCUT2D eigenvalue weighted by atomic mass is 10.0. The number of ether oxygens (including phenoxy) is 1. The predicted molar refractivity (Wildman–Crippen MR) is 56.4 cm³/mol. The third-order valence-corrected chi connectivity index (χ3v) is 2.32. The van der Waals surface area contributed by atoms with Crippen LogP contribution in [0.5, 0.6) is 0 Å².